The van der Waals surface area contributed by atoms with Gasteiger partial charge >= 0.3 is 5.97 Å². The average molecular weight is 522 g/mol. The topological polar surface area (TPSA) is 134 Å². The summed E-state index contributed by atoms with van der Waals surface area (Å²) in [4.78, 5) is 38.2. The number of hydrogen-bond acceptors (Lipinski definition) is 5. The lowest BCUT2D eigenvalue weighted by Gasteiger charge is -2.33. The summed E-state index contributed by atoms with van der Waals surface area (Å²) in [5.74, 6) is -5.17. The van der Waals surface area contributed by atoms with Crippen LogP contribution in [0.1, 0.15) is 37.4 Å². The summed E-state index contributed by atoms with van der Waals surface area (Å²) in [7, 11) is 0. The summed E-state index contributed by atoms with van der Waals surface area (Å²) in [6, 6.07) is 14.5. The zero-order chi connectivity index (χ0) is 27.8. The molecule has 0 radical (unpaired) electrons. The fraction of sp³-hybridized carbons (Fsp3) is 0.214. The first kappa shape index (κ1) is 28.0. The van der Waals surface area contributed by atoms with E-state index in [0.717, 1.165) is 22.6 Å². The molecular weight excluding hydrogens is 496 g/mol. The number of nitrogens with two attached hydrogens (primary N) is 1. The van der Waals surface area contributed by atoms with Crippen molar-refractivity contribution in [1.29, 1.82) is 5.26 Å². The molecule has 2 atom stereocenters. The number of aryl methyl sites for hydroxylation is 1. The molecule has 0 bridgehead atoms. The number of halogens is 2. The Balaban J connectivity index is 1.94. The summed E-state index contributed by atoms with van der Waals surface area (Å²) in [6.45, 7) is 1.33. The second-order valence-electron chi connectivity index (χ2n) is 8.61. The SMILES string of the molecule is Cc1cccc(C[C@@H](C(N)=O)N(C(=O)c2ccc(F)cc2F)C(C#N)COCc2cccc(C(=O)O)c2)c1. The number of carbonyl (C=O) groups excluding carboxylic acids is 2. The summed E-state index contributed by atoms with van der Waals surface area (Å²) < 4.78 is 33.7. The van der Waals surface area contributed by atoms with Crippen molar-refractivity contribution in [3.8, 4) is 6.07 Å². The first-order valence-corrected chi connectivity index (χ1v) is 11.5. The van der Waals surface area contributed by atoms with Gasteiger partial charge in [-0.2, -0.15) is 5.26 Å². The number of ether oxygens (including phenoxy) is 1. The van der Waals surface area contributed by atoms with E-state index >= 15 is 0 Å². The Kier molecular flexibility index (Phi) is 9.24. The molecule has 3 rings (SSSR count). The van der Waals surface area contributed by atoms with E-state index in [9.17, 15) is 28.4 Å². The second kappa shape index (κ2) is 12.6. The molecule has 0 fully saturated rings. The molecule has 38 heavy (non-hydrogen) atoms. The van der Waals surface area contributed by atoms with Crippen molar-refractivity contribution >= 4 is 17.8 Å². The maximum absolute atomic E-state index is 14.6. The molecule has 3 N–H and O–H groups in total. The molecule has 10 heteroatoms. The molecule has 2 amide bonds. The van der Waals surface area contributed by atoms with Gasteiger partial charge in [-0.1, -0.05) is 42.0 Å². The van der Waals surface area contributed by atoms with Crippen molar-refractivity contribution < 1.29 is 33.0 Å². The summed E-state index contributed by atoms with van der Waals surface area (Å²) >= 11 is 0. The zero-order valence-electron chi connectivity index (χ0n) is 20.4. The molecule has 0 heterocycles. The molecule has 8 nitrogen and oxygen atoms in total. The Morgan fingerprint density at radius 2 is 1.76 bits per heavy atom. The minimum Gasteiger partial charge on any atom is -0.478 e. The van der Waals surface area contributed by atoms with Crippen molar-refractivity contribution in [3.63, 3.8) is 0 Å². The second-order valence-corrected chi connectivity index (χ2v) is 8.61. The normalized spacial score (nSPS) is 12.3. The Bertz CT molecular complexity index is 1390. The fourth-order valence-corrected chi connectivity index (χ4v) is 3.96. The highest BCUT2D eigenvalue weighted by atomic mass is 19.1. The maximum atomic E-state index is 14.6. The molecule has 1 unspecified atom stereocenters. The number of rotatable bonds is 11. The van der Waals surface area contributed by atoms with E-state index in [1.165, 1.54) is 18.2 Å². The number of carbonyl (C=O) groups is 3. The van der Waals surface area contributed by atoms with E-state index in [1.807, 2.05) is 19.1 Å². The van der Waals surface area contributed by atoms with Crippen LogP contribution in [0.5, 0.6) is 0 Å². The number of aromatic carboxylic acids is 1. The van der Waals surface area contributed by atoms with Crippen molar-refractivity contribution in [3.05, 3.63) is 106 Å². The Morgan fingerprint density at radius 3 is 2.39 bits per heavy atom. The molecule has 0 aliphatic carbocycles. The third-order valence-corrected chi connectivity index (χ3v) is 5.77. The Hall–Kier alpha value is -4.62. The number of carboxylic acids is 1. The molecule has 0 spiro atoms. The lowest BCUT2D eigenvalue weighted by atomic mass is 9.99. The maximum Gasteiger partial charge on any atom is 0.335 e. The molecule has 0 aromatic heterocycles. The summed E-state index contributed by atoms with van der Waals surface area (Å²) in [5, 5.41) is 19.1. The van der Waals surface area contributed by atoms with Gasteiger partial charge in [-0.3, -0.25) is 9.59 Å². The monoisotopic (exact) mass is 521 g/mol. The lowest BCUT2D eigenvalue weighted by Crippen LogP contribution is -2.55. The van der Waals surface area contributed by atoms with Crippen LogP contribution in [0.25, 0.3) is 0 Å². The molecule has 0 saturated heterocycles. The Labute approximate surface area is 217 Å². The molecule has 196 valence electrons. The lowest BCUT2D eigenvalue weighted by molar-refractivity contribution is -0.123. The minimum absolute atomic E-state index is 0.0402. The van der Waals surface area contributed by atoms with E-state index in [-0.39, 0.29) is 18.6 Å². The van der Waals surface area contributed by atoms with E-state index in [2.05, 4.69) is 0 Å². The largest absolute Gasteiger partial charge is 0.478 e. The van der Waals surface area contributed by atoms with Gasteiger partial charge in [0.25, 0.3) is 5.91 Å². The highest BCUT2D eigenvalue weighted by Crippen LogP contribution is 2.20. The van der Waals surface area contributed by atoms with Gasteiger partial charge in [0.05, 0.1) is 30.4 Å². The predicted octanol–water partition coefficient (Wildman–Crippen LogP) is 3.62. The quantitative estimate of drug-likeness (QED) is 0.396. The number of amides is 2. The van der Waals surface area contributed by atoms with Gasteiger partial charge in [0, 0.05) is 12.5 Å². The van der Waals surface area contributed by atoms with Crippen molar-refractivity contribution in [1.82, 2.24) is 4.90 Å². The van der Waals surface area contributed by atoms with E-state index in [1.54, 1.807) is 24.3 Å². The number of primary amides is 1. The van der Waals surface area contributed by atoms with Crippen molar-refractivity contribution in [2.24, 2.45) is 5.73 Å². The van der Waals surface area contributed by atoms with Crippen molar-refractivity contribution in [2.45, 2.75) is 32.0 Å². The molecule has 0 aliphatic heterocycles. The minimum atomic E-state index is -1.39. The van der Waals surface area contributed by atoms with Crippen LogP contribution in [-0.2, 0) is 22.6 Å². The van der Waals surface area contributed by atoms with Crippen LogP contribution in [0, 0.1) is 29.9 Å². The molecular formula is C28H25F2N3O5. The van der Waals surface area contributed by atoms with Crippen LogP contribution in [0.15, 0.2) is 66.7 Å². The number of benzene rings is 3. The molecule has 0 saturated carbocycles. The molecule has 3 aromatic carbocycles. The number of nitrogens with zero attached hydrogens (tertiary/aromatic N) is 2. The number of nitriles is 1. The van der Waals surface area contributed by atoms with Gasteiger partial charge in [-0.25, -0.2) is 13.6 Å². The molecule has 0 aliphatic rings. The van der Waals surface area contributed by atoms with E-state index < -0.39 is 53.7 Å². The third kappa shape index (κ3) is 6.99. The highest BCUT2D eigenvalue weighted by Gasteiger charge is 2.36. The molecule has 3 aromatic rings. The highest BCUT2D eigenvalue weighted by molar-refractivity contribution is 5.98. The third-order valence-electron chi connectivity index (χ3n) is 5.77. The first-order chi connectivity index (χ1) is 18.1. The van der Waals surface area contributed by atoms with Gasteiger partial charge in [0.1, 0.15) is 23.7 Å². The summed E-state index contributed by atoms with van der Waals surface area (Å²) in [5.41, 5.74) is 7.19. The average Bonchev–Trinajstić information content (AvgIpc) is 2.87. The van der Waals surface area contributed by atoms with Crippen LogP contribution in [-0.4, -0.2) is 46.5 Å². The van der Waals surface area contributed by atoms with Gasteiger partial charge < -0.3 is 20.5 Å². The van der Waals surface area contributed by atoms with Crippen LogP contribution < -0.4 is 5.73 Å². The number of carboxylic acid groups (broad SMARTS) is 1. The van der Waals surface area contributed by atoms with Crippen LogP contribution in [0.4, 0.5) is 8.78 Å². The van der Waals surface area contributed by atoms with Crippen LogP contribution in [0.2, 0.25) is 0 Å². The summed E-state index contributed by atoms with van der Waals surface area (Å²) in [6.07, 6.45) is -0.0651. The van der Waals surface area contributed by atoms with Gasteiger partial charge in [-0.15, -0.1) is 0 Å². The first-order valence-electron chi connectivity index (χ1n) is 11.5. The smallest absolute Gasteiger partial charge is 0.335 e. The Morgan fingerprint density at radius 1 is 1.05 bits per heavy atom. The van der Waals surface area contributed by atoms with Gasteiger partial charge in [0.2, 0.25) is 5.91 Å². The number of hydrogen-bond donors (Lipinski definition) is 2. The predicted molar refractivity (Wildman–Crippen MR) is 133 cm³/mol. The van der Waals surface area contributed by atoms with E-state index in [0.29, 0.717) is 17.2 Å². The van der Waals surface area contributed by atoms with Crippen LogP contribution >= 0.6 is 0 Å². The standard InChI is InChI=1S/C28H25F2N3O5/c1-17-4-2-5-18(10-17)12-25(26(32)34)33(27(35)23-9-8-21(29)13-24(23)30)22(14-31)16-38-15-19-6-3-7-20(11-19)28(36)37/h2-11,13,22,25H,12,15-16H2,1H3,(H2,32,34)(H,36,37)/t22?,25-/m0/s1. The van der Waals surface area contributed by atoms with Crippen molar-refractivity contribution in [2.75, 3.05) is 6.61 Å². The van der Waals surface area contributed by atoms with E-state index in [4.69, 9.17) is 15.6 Å². The van der Waals surface area contributed by atoms with Crippen LogP contribution in [0.3, 0.4) is 0 Å². The van der Waals surface area contributed by atoms with Gasteiger partial charge in [0.15, 0.2) is 0 Å². The fourth-order valence-electron chi connectivity index (χ4n) is 3.96. The van der Waals surface area contributed by atoms with Gasteiger partial charge in [-0.05, 0) is 42.3 Å². The zero-order valence-corrected chi connectivity index (χ0v) is 20.4.